The smallest absolute Gasteiger partial charge is 0.191 e. The molecule has 154 valence electrons. The molecule has 0 saturated carbocycles. The second kappa shape index (κ2) is 11.7. The van der Waals surface area contributed by atoms with Crippen LogP contribution in [-0.4, -0.2) is 45.6 Å². The van der Waals surface area contributed by atoms with E-state index in [4.69, 9.17) is 4.74 Å². The van der Waals surface area contributed by atoms with Gasteiger partial charge in [0.1, 0.15) is 5.75 Å². The molecule has 1 saturated heterocycles. The van der Waals surface area contributed by atoms with Gasteiger partial charge in [-0.05, 0) is 44.2 Å². The van der Waals surface area contributed by atoms with Crippen LogP contribution in [0.25, 0.3) is 0 Å². The van der Waals surface area contributed by atoms with E-state index >= 15 is 0 Å². The Kier molecular flexibility index (Phi) is 10.4. The summed E-state index contributed by atoms with van der Waals surface area (Å²) in [6.07, 6.45) is 1.69. The lowest BCUT2D eigenvalue weighted by atomic mass is 10.1. The molecule has 0 spiro atoms. The first-order valence-corrected chi connectivity index (χ1v) is 11.2. The molecule has 2 rings (SSSR count). The highest BCUT2D eigenvalue weighted by Crippen LogP contribution is 2.21. The maximum atomic E-state index is 11.6. The fourth-order valence-corrected chi connectivity index (χ4v) is 4.78. The summed E-state index contributed by atoms with van der Waals surface area (Å²) in [7, 11) is -2.85. The lowest BCUT2D eigenvalue weighted by Crippen LogP contribution is -2.40. The number of aryl methyl sites for hydroxylation is 1. The maximum Gasteiger partial charge on any atom is 0.191 e. The van der Waals surface area contributed by atoms with Crippen molar-refractivity contribution < 1.29 is 13.2 Å². The number of sulfone groups is 1. The standard InChI is InChI=1S/C19H31N3O3S.HI/c1-4-9-25-18-11-15(3)6-7-17(18)13-22-19(20-5-2)21-12-16-8-10-26(23,24)14-16;/h6-7,11,16H,4-5,8-10,12-14H2,1-3H3,(H2,20,21,22);1H. The van der Waals surface area contributed by atoms with Crippen molar-refractivity contribution in [2.45, 2.75) is 40.2 Å². The van der Waals surface area contributed by atoms with E-state index in [1.807, 2.05) is 19.9 Å². The fraction of sp³-hybridized carbons (Fsp3) is 0.632. The molecular weight excluding hydrogens is 477 g/mol. The molecule has 1 unspecified atom stereocenters. The van der Waals surface area contributed by atoms with Gasteiger partial charge in [0, 0.05) is 18.7 Å². The van der Waals surface area contributed by atoms with Crippen molar-refractivity contribution in [3.05, 3.63) is 29.3 Å². The van der Waals surface area contributed by atoms with Gasteiger partial charge in [0.15, 0.2) is 15.8 Å². The Hall–Kier alpha value is -1.03. The monoisotopic (exact) mass is 509 g/mol. The molecule has 27 heavy (non-hydrogen) atoms. The third-order valence-corrected chi connectivity index (χ3v) is 6.16. The average Bonchev–Trinajstić information content (AvgIpc) is 2.95. The summed E-state index contributed by atoms with van der Waals surface area (Å²) in [5.41, 5.74) is 2.21. The van der Waals surface area contributed by atoms with E-state index in [1.165, 1.54) is 0 Å². The predicted octanol–water partition coefficient (Wildman–Crippen LogP) is 2.89. The van der Waals surface area contributed by atoms with Crippen LogP contribution >= 0.6 is 24.0 Å². The molecule has 1 aromatic carbocycles. The number of guanidine groups is 1. The Morgan fingerprint density at radius 3 is 2.70 bits per heavy atom. The molecule has 0 amide bonds. The van der Waals surface area contributed by atoms with Crippen molar-refractivity contribution in [1.82, 2.24) is 10.6 Å². The largest absolute Gasteiger partial charge is 0.493 e. The zero-order chi connectivity index (χ0) is 19.0. The van der Waals surface area contributed by atoms with Crippen LogP contribution in [0.5, 0.6) is 5.75 Å². The number of halogens is 1. The summed E-state index contributed by atoms with van der Waals surface area (Å²) >= 11 is 0. The van der Waals surface area contributed by atoms with Gasteiger partial charge in [-0.2, -0.15) is 0 Å². The molecule has 0 aromatic heterocycles. The van der Waals surface area contributed by atoms with Crippen LogP contribution in [0.2, 0.25) is 0 Å². The van der Waals surface area contributed by atoms with Crippen LogP contribution < -0.4 is 15.4 Å². The highest BCUT2D eigenvalue weighted by atomic mass is 127. The number of ether oxygens (including phenoxy) is 1. The summed E-state index contributed by atoms with van der Waals surface area (Å²) in [4.78, 5) is 4.64. The van der Waals surface area contributed by atoms with Crippen LogP contribution in [0, 0.1) is 12.8 Å². The van der Waals surface area contributed by atoms with Gasteiger partial charge in [-0.15, -0.1) is 24.0 Å². The lowest BCUT2D eigenvalue weighted by Gasteiger charge is -2.15. The molecule has 8 heteroatoms. The summed E-state index contributed by atoms with van der Waals surface area (Å²) < 4.78 is 29.0. The molecule has 1 aliphatic heterocycles. The Bertz CT molecular complexity index is 723. The van der Waals surface area contributed by atoms with Gasteiger partial charge < -0.3 is 15.4 Å². The van der Waals surface area contributed by atoms with Gasteiger partial charge in [-0.3, -0.25) is 0 Å². The first kappa shape index (κ1) is 24.0. The van der Waals surface area contributed by atoms with Gasteiger partial charge in [0.05, 0.1) is 24.7 Å². The van der Waals surface area contributed by atoms with Crippen LogP contribution in [0.1, 0.15) is 37.8 Å². The minimum absolute atomic E-state index is 0. The summed E-state index contributed by atoms with van der Waals surface area (Å²) in [6, 6.07) is 6.16. The third kappa shape index (κ3) is 8.25. The van der Waals surface area contributed by atoms with E-state index in [-0.39, 0.29) is 35.6 Å². The van der Waals surface area contributed by atoms with E-state index in [0.717, 1.165) is 36.3 Å². The number of benzene rings is 1. The first-order valence-electron chi connectivity index (χ1n) is 9.38. The van der Waals surface area contributed by atoms with Crippen LogP contribution in [0.15, 0.2) is 23.2 Å². The topological polar surface area (TPSA) is 79.8 Å². The molecule has 1 heterocycles. The second-order valence-corrected chi connectivity index (χ2v) is 9.03. The van der Waals surface area contributed by atoms with Gasteiger partial charge in [0.2, 0.25) is 0 Å². The number of aliphatic imine (C=N–C) groups is 1. The Balaban J connectivity index is 0.00000364. The highest BCUT2D eigenvalue weighted by molar-refractivity contribution is 14.0. The van der Waals surface area contributed by atoms with E-state index in [9.17, 15) is 8.42 Å². The van der Waals surface area contributed by atoms with Crippen molar-refractivity contribution in [3.8, 4) is 5.75 Å². The molecule has 6 nitrogen and oxygen atoms in total. The van der Waals surface area contributed by atoms with Gasteiger partial charge in [-0.1, -0.05) is 19.1 Å². The highest BCUT2D eigenvalue weighted by Gasteiger charge is 2.27. The quantitative estimate of drug-likeness (QED) is 0.320. The van der Waals surface area contributed by atoms with Gasteiger partial charge in [-0.25, -0.2) is 13.4 Å². The van der Waals surface area contributed by atoms with Crippen molar-refractivity contribution in [2.75, 3.05) is 31.2 Å². The average molecular weight is 509 g/mol. The van der Waals surface area contributed by atoms with E-state index in [1.54, 1.807) is 0 Å². The first-order chi connectivity index (χ1) is 12.4. The van der Waals surface area contributed by atoms with Crippen molar-refractivity contribution >= 4 is 39.8 Å². The molecule has 2 N–H and O–H groups in total. The molecule has 1 atom stereocenters. The minimum atomic E-state index is -2.85. The van der Waals surface area contributed by atoms with Crippen molar-refractivity contribution in [1.29, 1.82) is 0 Å². The number of nitrogens with one attached hydrogen (secondary N) is 2. The predicted molar refractivity (Wildman–Crippen MR) is 122 cm³/mol. The van der Waals surface area contributed by atoms with Gasteiger partial charge in [0.25, 0.3) is 0 Å². The Morgan fingerprint density at radius 1 is 1.30 bits per heavy atom. The van der Waals surface area contributed by atoms with Crippen LogP contribution in [0.4, 0.5) is 0 Å². The summed E-state index contributed by atoms with van der Waals surface area (Å²) in [6.45, 7) is 8.72. The fourth-order valence-electron chi connectivity index (χ4n) is 2.92. The third-order valence-electron chi connectivity index (χ3n) is 4.32. The zero-order valence-corrected chi connectivity index (χ0v) is 19.6. The zero-order valence-electron chi connectivity index (χ0n) is 16.5. The summed E-state index contributed by atoms with van der Waals surface area (Å²) in [5, 5.41) is 6.50. The SMILES string of the molecule is CCCOc1cc(C)ccc1CN=C(NCC)NCC1CCS(=O)(=O)C1.I. The number of hydrogen-bond donors (Lipinski definition) is 2. The van der Waals surface area contributed by atoms with Gasteiger partial charge >= 0.3 is 0 Å². The molecule has 0 bridgehead atoms. The van der Waals surface area contributed by atoms with Crippen LogP contribution in [-0.2, 0) is 16.4 Å². The van der Waals surface area contributed by atoms with Crippen molar-refractivity contribution in [3.63, 3.8) is 0 Å². The number of rotatable bonds is 8. The number of hydrogen-bond acceptors (Lipinski definition) is 4. The summed E-state index contributed by atoms with van der Waals surface area (Å²) in [5.74, 6) is 2.32. The molecule has 1 aliphatic rings. The molecule has 0 aliphatic carbocycles. The van der Waals surface area contributed by atoms with Crippen LogP contribution in [0.3, 0.4) is 0 Å². The number of nitrogens with zero attached hydrogens (tertiary/aromatic N) is 1. The van der Waals surface area contributed by atoms with E-state index in [0.29, 0.717) is 31.4 Å². The van der Waals surface area contributed by atoms with Crippen molar-refractivity contribution in [2.24, 2.45) is 10.9 Å². The van der Waals surface area contributed by atoms with E-state index in [2.05, 4.69) is 34.7 Å². The maximum absolute atomic E-state index is 11.6. The Labute approximate surface area is 180 Å². The second-order valence-electron chi connectivity index (χ2n) is 6.80. The lowest BCUT2D eigenvalue weighted by molar-refractivity contribution is 0.314. The molecule has 0 radical (unpaired) electrons. The normalized spacial score (nSPS) is 18.6. The Morgan fingerprint density at radius 2 is 2.07 bits per heavy atom. The molecular formula is C19H32IN3O3S. The van der Waals surface area contributed by atoms with E-state index < -0.39 is 9.84 Å². The molecule has 1 fully saturated rings. The minimum Gasteiger partial charge on any atom is -0.493 e. The molecule has 1 aromatic rings.